The second kappa shape index (κ2) is 9.41. The first-order chi connectivity index (χ1) is 15.5. The largest absolute Gasteiger partial charge is 0.367 e. The summed E-state index contributed by atoms with van der Waals surface area (Å²) in [5, 5.41) is 9.53. The second-order valence-corrected chi connectivity index (χ2v) is 8.23. The minimum absolute atomic E-state index is 0.0559. The molecule has 2 aromatic heterocycles. The molecule has 2 aliphatic rings. The van der Waals surface area contributed by atoms with Crippen molar-refractivity contribution in [2.75, 3.05) is 31.1 Å². The van der Waals surface area contributed by atoms with E-state index in [2.05, 4.69) is 31.9 Å². The number of carbonyl (C=O) groups excluding carboxylic acids is 2. The molecule has 1 aliphatic carbocycles. The number of rotatable bonds is 6. The fourth-order valence-electron chi connectivity index (χ4n) is 4.29. The molecule has 4 rings (SSSR count). The van der Waals surface area contributed by atoms with Crippen molar-refractivity contribution in [3.8, 4) is 6.07 Å². The summed E-state index contributed by atoms with van der Waals surface area (Å²) in [5.41, 5.74) is 5.33. The van der Waals surface area contributed by atoms with Gasteiger partial charge in [-0.25, -0.2) is 4.98 Å². The molecule has 0 radical (unpaired) electrons. The van der Waals surface area contributed by atoms with Gasteiger partial charge in [0.05, 0.1) is 11.4 Å². The van der Waals surface area contributed by atoms with Crippen LogP contribution < -0.4 is 4.90 Å². The Hall–Kier alpha value is -3.37. The Labute approximate surface area is 188 Å². The monoisotopic (exact) mass is 429 g/mol. The number of aromatic nitrogens is 2. The van der Waals surface area contributed by atoms with Crippen LogP contribution in [0.4, 0.5) is 5.69 Å². The van der Waals surface area contributed by atoms with Gasteiger partial charge in [-0.1, -0.05) is 19.9 Å². The summed E-state index contributed by atoms with van der Waals surface area (Å²) in [6.07, 6.45) is 5.38. The number of hydrogen-bond donors (Lipinski definition) is 0. The predicted octanol–water partition coefficient (Wildman–Crippen LogP) is 3.18. The van der Waals surface area contributed by atoms with Crippen LogP contribution in [0.3, 0.4) is 0 Å². The van der Waals surface area contributed by atoms with E-state index >= 15 is 0 Å². The fourth-order valence-corrected chi connectivity index (χ4v) is 4.29. The molecule has 0 amide bonds. The van der Waals surface area contributed by atoms with Crippen molar-refractivity contribution in [2.24, 2.45) is 0 Å². The molecule has 0 N–H and O–H groups in total. The Morgan fingerprint density at radius 3 is 2.66 bits per heavy atom. The third kappa shape index (κ3) is 4.46. The van der Waals surface area contributed by atoms with E-state index in [-0.39, 0.29) is 11.6 Å². The van der Waals surface area contributed by atoms with Crippen LogP contribution in [0.15, 0.2) is 30.0 Å². The first-order valence-electron chi connectivity index (χ1n) is 11.2. The van der Waals surface area contributed by atoms with Gasteiger partial charge in [0.25, 0.3) is 0 Å². The van der Waals surface area contributed by atoms with E-state index in [1.165, 1.54) is 0 Å². The zero-order chi connectivity index (χ0) is 22.7. The zero-order valence-corrected chi connectivity index (χ0v) is 18.6. The van der Waals surface area contributed by atoms with Crippen LogP contribution in [0.1, 0.15) is 59.7 Å². The van der Waals surface area contributed by atoms with Gasteiger partial charge < -0.3 is 4.90 Å². The molecule has 1 aliphatic heterocycles. The Bertz CT molecular complexity index is 1120. The summed E-state index contributed by atoms with van der Waals surface area (Å²) >= 11 is 0. The number of anilines is 1. The molecule has 1 fully saturated rings. The number of carbonyl (C=O) groups is 2. The number of hydrogen-bond acceptors (Lipinski definition) is 7. The summed E-state index contributed by atoms with van der Waals surface area (Å²) in [6.45, 7) is 7.80. The Kier molecular flexibility index (Phi) is 6.42. The molecule has 3 heterocycles. The minimum atomic E-state index is -0.0559. The lowest BCUT2D eigenvalue weighted by Crippen LogP contribution is -2.46. The van der Waals surface area contributed by atoms with Gasteiger partial charge in [0.15, 0.2) is 17.3 Å². The van der Waals surface area contributed by atoms with E-state index in [1.807, 2.05) is 25.3 Å². The molecule has 32 heavy (non-hydrogen) atoms. The average Bonchev–Trinajstić information content (AvgIpc) is 2.83. The van der Waals surface area contributed by atoms with Crippen LogP contribution in [-0.4, -0.2) is 52.6 Å². The molecule has 0 saturated carbocycles. The van der Waals surface area contributed by atoms with Crippen LogP contribution in [-0.2, 0) is 17.8 Å². The van der Waals surface area contributed by atoms with Gasteiger partial charge in [0.1, 0.15) is 11.8 Å². The highest BCUT2D eigenvalue weighted by atomic mass is 16.1. The topological polar surface area (TPSA) is 90.2 Å². The van der Waals surface area contributed by atoms with Gasteiger partial charge >= 0.3 is 0 Å². The highest BCUT2D eigenvalue weighted by molar-refractivity contribution is 6.03. The van der Waals surface area contributed by atoms with Crippen molar-refractivity contribution in [1.29, 1.82) is 5.26 Å². The van der Waals surface area contributed by atoms with Gasteiger partial charge in [-0.05, 0) is 41.3 Å². The van der Waals surface area contributed by atoms with Gasteiger partial charge in [0.2, 0.25) is 0 Å². The van der Waals surface area contributed by atoms with Crippen molar-refractivity contribution in [3.63, 3.8) is 0 Å². The number of ketones is 2. The number of nitrogens with zero attached hydrogens (tertiary/aromatic N) is 5. The molecule has 0 atom stereocenters. The number of pyridine rings is 2. The molecule has 0 spiro atoms. The Morgan fingerprint density at radius 2 is 1.97 bits per heavy atom. The minimum Gasteiger partial charge on any atom is -0.367 e. The van der Waals surface area contributed by atoms with Crippen molar-refractivity contribution in [3.05, 3.63) is 58.2 Å². The van der Waals surface area contributed by atoms with Crippen LogP contribution in [0.25, 0.3) is 6.08 Å². The summed E-state index contributed by atoms with van der Waals surface area (Å²) in [6, 6.07) is 7.81. The summed E-state index contributed by atoms with van der Waals surface area (Å²) in [5.74, 6) is 0.140. The van der Waals surface area contributed by atoms with Gasteiger partial charge in [0, 0.05) is 51.8 Å². The average molecular weight is 430 g/mol. The molecular formula is C25H27N5O2. The molecule has 2 aromatic rings. The van der Waals surface area contributed by atoms with E-state index in [0.29, 0.717) is 24.2 Å². The van der Waals surface area contributed by atoms with Crippen LogP contribution in [0.2, 0.25) is 0 Å². The highest BCUT2D eigenvalue weighted by Crippen LogP contribution is 2.24. The van der Waals surface area contributed by atoms with Crippen LogP contribution >= 0.6 is 0 Å². The van der Waals surface area contributed by atoms with E-state index in [9.17, 15) is 14.9 Å². The standard InChI is InChI=1S/C25H27N5O2/c1-3-18-12-21-19(13-25(18)32)11-17(15-27-21)16-29-7-9-30(10-8-29)23-6-5-20(24(31)4-2)28-22(23)14-26/h5-6,11-12,15H,3-4,7-10,13,16H2,1-2H3. The van der Waals surface area contributed by atoms with E-state index < -0.39 is 0 Å². The van der Waals surface area contributed by atoms with Crippen LogP contribution in [0, 0.1) is 11.3 Å². The lowest BCUT2D eigenvalue weighted by Gasteiger charge is -2.36. The zero-order valence-electron chi connectivity index (χ0n) is 18.6. The smallest absolute Gasteiger partial charge is 0.180 e. The molecular weight excluding hydrogens is 402 g/mol. The maximum absolute atomic E-state index is 12.2. The molecule has 0 unspecified atom stereocenters. The predicted molar refractivity (Wildman–Crippen MR) is 122 cm³/mol. The SMILES string of the molecule is CCC(=O)c1ccc(N2CCN(Cc3cnc4c(c3)CC(=O)C(CC)=C4)CC2)c(C#N)n1. The number of allylic oxidation sites excluding steroid dienone is 1. The summed E-state index contributed by atoms with van der Waals surface area (Å²) in [7, 11) is 0. The molecule has 7 nitrogen and oxygen atoms in total. The molecule has 1 saturated heterocycles. The summed E-state index contributed by atoms with van der Waals surface area (Å²) < 4.78 is 0. The number of piperazine rings is 1. The molecule has 7 heteroatoms. The normalized spacial score (nSPS) is 16.3. The quantitative estimate of drug-likeness (QED) is 0.652. The van der Waals surface area contributed by atoms with Crippen molar-refractivity contribution >= 4 is 23.3 Å². The Balaban J connectivity index is 1.41. The fraction of sp³-hybridized carbons (Fsp3) is 0.400. The van der Waals surface area contributed by atoms with Gasteiger partial charge in [-0.15, -0.1) is 0 Å². The van der Waals surface area contributed by atoms with E-state index in [0.717, 1.165) is 67.2 Å². The number of Topliss-reactive ketones (excluding diaryl/α,β-unsaturated/α-hetero) is 2. The maximum atomic E-state index is 12.2. The number of fused-ring (bicyclic) bond motifs is 1. The van der Waals surface area contributed by atoms with Crippen LogP contribution in [0.5, 0.6) is 0 Å². The van der Waals surface area contributed by atoms with Crippen molar-refractivity contribution in [1.82, 2.24) is 14.9 Å². The first kappa shape index (κ1) is 21.8. The summed E-state index contributed by atoms with van der Waals surface area (Å²) in [4.78, 5) is 37.5. The third-order valence-electron chi connectivity index (χ3n) is 6.16. The second-order valence-electron chi connectivity index (χ2n) is 8.23. The lowest BCUT2D eigenvalue weighted by molar-refractivity contribution is -0.115. The Morgan fingerprint density at radius 1 is 1.19 bits per heavy atom. The first-order valence-corrected chi connectivity index (χ1v) is 11.2. The third-order valence-corrected chi connectivity index (χ3v) is 6.16. The molecule has 164 valence electrons. The molecule has 0 aromatic carbocycles. The van der Waals surface area contributed by atoms with E-state index in [1.54, 1.807) is 13.0 Å². The number of nitriles is 1. The van der Waals surface area contributed by atoms with Gasteiger partial charge in [-0.3, -0.25) is 19.5 Å². The maximum Gasteiger partial charge on any atom is 0.180 e. The lowest BCUT2D eigenvalue weighted by atomic mass is 9.92. The molecule has 0 bridgehead atoms. The van der Waals surface area contributed by atoms with E-state index in [4.69, 9.17) is 0 Å². The van der Waals surface area contributed by atoms with Crippen molar-refractivity contribution < 1.29 is 9.59 Å². The highest BCUT2D eigenvalue weighted by Gasteiger charge is 2.22. The van der Waals surface area contributed by atoms with Gasteiger partial charge in [-0.2, -0.15) is 5.26 Å². The van der Waals surface area contributed by atoms with Crippen molar-refractivity contribution in [2.45, 2.75) is 39.7 Å².